The Morgan fingerprint density at radius 2 is 1.82 bits per heavy atom. The Kier molecular flexibility index (Phi) is 5.61. The number of benzene rings is 2. The smallest absolute Gasteiger partial charge is 0.337 e. The zero-order valence-corrected chi connectivity index (χ0v) is 20.1. The van der Waals surface area contributed by atoms with Crippen LogP contribution in [0.25, 0.3) is 15.9 Å². The van der Waals surface area contributed by atoms with E-state index < -0.39 is 5.69 Å². The van der Waals surface area contributed by atoms with Gasteiger partial charge >= 0.3 is 5.69 Å². The number of ether oxygens (including phenoxy) is 1. The molecule has 0 fully saturated rings. The Bertz CT molecular complexity index is 1530. The molecule has 0 atom stereocenters. The Morgan fingerprint density at radius 1 is 1.09 bits per heavy atom. The van der Waals surface area contributed by atoms with Gasteiger partial charge in [0.05, 0.1) is 31.3 Å². The summed E-state index contributed by atoms with van der Waals surface area (Å²) in [5.41, 5.74) is 2.69. The highest BCUT2D eigenvalue weighted by atomic mass is 32.1. The molecule has 8 heteroatoms. The fourth-order valence-electron chi connectivity index (χ4n) is 4.52. The number of carbonyl (C=O) groups is 1. The van der Waals surface area contributed by atoms with Gasteiger partial charge in [0.2, 0.25) is 5.91 Å². The molecule has 2 aromatic heterocycles. The highest BCUT2D eigenvalue weighted by Gasteiger charge is 2.28. The minimum Gasteiger partial charge on any atom is -0.495 e. The van der Waals surface area contributed by atoms with Gasteiger partial charge in [-0.25, -0.2) is 9.36 Å². The third-order valence-corrected chi connectivity index (χ3v) is 7.60. The summed E-state index contributed by atoms with van der Waals surface area (Å²) in [5, 5.41) is 0.556. The van der Waals surface area contributed by atoms with E-state index in [0.29, 0.717) is 47.7 Å². The molecule has 0 aliphatic carbocycles. The lowest BCUT2D eigenvalue weighted by atomic mass is 10.1. The molecule has 34 heavy (non-hydrogen) atoms. The Balaban J connectivity index is 1.81. The molecule has 1 aliphatic heterocycles. The maximum absolute atomic E-state index is 13.8. The van der Waals surface area contributed by atoms with Crippen LogP contribution in [0.2, 0.25) is 0 Å². The molecule has 5 rings (SSSR count). The average molecular weight is 476 g/mol. The van der Waals surface area contributed by atoms with E-state index in [-0.39, 0.29) is 11.5 Å². The summed E-state index contributed by atoms with van der Waals surface area (Å²) in [6, 6.07) is 15.1. The van der Waals surface area contributed by atoms with Crippen molar-refractivity contribution in [3.05, 3.63) is 90.9 Å². The van der Waals surface area contributed by atoms with E-state index in [1.54, 1.807) is 40.7 Å². The molecule has 1 amide bonds. The molecule has 0 unspecified atom stereocenters. The van der Waals surface area contributed by atoms with Crippen molar-refractivity contribution in [2.24, 2.45) is 0 Å². The predicted octanol–water partition coefficient (Wildman–Crippen LogP) is 3.48. The van der Waals surface area contributed by atoms with Crippen molar-refractivity contribution in [1.82, 2.24) is 14.0 Å². The van der Waals surface area contributed by atoms with Crippen LogP contribution in [0.3, 0.4) is 0 Å². The van der Waals surface area contributed by atoms with Crippen LogP contribution in [0.4, 0.5) is 0 Å². The van der Waals surface area contributed by atoms with Crippen LogP contribution in [0.1, 0.15) is 28.5 Å². The highest BCUT2D eigenvalue weighted by Crippen LogP contribution is 2.34. The lowest BCUT2D eigenvalue weighted by Crippen LogP contribution is -2.39. The monoisotopic (exact) mass is 475 g/mol. The van der Waals surface area contributed by atoms with Crippen molar-refractivity contribution in [2.45, 2.75) is 33.4 Å². The van der Waals surface area contributed by atoms with E-state index in [1.165, 1.54) is 23.0 Å². The number of methoxy groups -OCH3 is 1. The number of hydrogen-bond donors (Lipinski definition) is 0. The van der Waals surface area contributed by atoms with Crippen molar-refractivity contribution < 1.29 is 9.53 Å². The van der Waals surface area contributed by atoms with Crippen LogP contribution < -0.4 is 16.0 Å². The molecule has 174 valence electrons. The van der Waals surface area contributed by atoms with Gasteiger partial charge in [-0.3, -0.25) is 14.2 Å². The van der Waals surface area contributed by atoms with Crippen LogP contribution in [0.5, 0.6) is 5.75 Å². The molecule has 0 spiro atoms. The van der Waals surface area contributed by atoms with Gasteiger partial charge < -0.3 is 9.64 Å². The summed E-state index contributed by atoms with van der Waals surface area (Å²) in [5.74, 6) is 0.460. The minimum absolute atomic E-state index is 0.00610. The van der Waals surface area contributed by atoms with E-state index in [9.17, 15) is 14.4 Å². The molecular weight excluding hydrogens is 450 g/mol. The van der Waals surface area contributed by atoms with Crippen molar-refractivity contribution in [3.8, 4) is 11.4 Å². The fraction of sp³-hybridized carbons (Fsp3) is 0.269. The third kappa shape index (κ3) is 3.64. The van der Waals surface area contributed by atoms with Crippen molar-refractivity contribution in [1.29, 1.82) is 0 Å². The normalized spacial score (nSPS) is 13.2. The summed E-state index contributed by atoms with van der Waals surface area (Å²) in [6.45, 7) is 4.92. The van der Waals surface area contributed by atoms with Crippen LogP contribution in [-0.2, 0) is 24.3 Å². The molecule has 4 aromatic rings. The molecular formula is C26H25N3O4S. The zero-order valence-electron chi connectivity index (χ0n) is 19.3. The minimum atomic E-state index is -0.412. The molecule has 0 N–H and O–H groups in total. The topological polar surface area (TPSA) is 73.5 Å². The van der Waals surface area contributed by atoms with E-state index in [0.717, 1.165) is 21.6 Å². The van der Waals surface area contributed by atoms with Gasteiger partial charge in [-0.15, -0.1) is 11.3 Å². The van der Waals surface area contributed by atoms with Gasteiger partial charge in [0.25, 0.3) is 5.56 Å². The Hall–Kier alpha value is -3.65. The SMILES string of the molecule is COc1ccccc1-n1c(=O)c2c3c(sc2n(Cc2ccc(C)cc2)c1=O)CN(C(C)=O)CC3. The zero-order chi connectivity index (χ0) is 24.0. The molecule has 0 saturated carbocycles. The molecule has 1 aliphatic rings. The van der Waals surface area contributed by atoms with Crippen LogP contribution in [0.15, 0.2) is 58.1 Å². The van der Waals surface area contributed by atoms with E-state index in [1.807, 2.05) is 31.2 Å². The third-order valence-electron chi connectivity index (χ3n) is 6.36. The standard InChI is InChI=1S/C26H25N3O4S/c1-16-8-10-18(11-9-16)14-28-25-23(19-12-13-27(17(2)30)15-22(19)34-25)24(31)29(26(28)32)20-6-4-5-7-21(20)33-3/h4-11H,12-15H2,1-3H3. The second kappa shape index (κ2) is 8.61. The number of amides is 1. The van der Waals surface area contributed by atoms with Gasteiger partial charge in [-0.1, -0.05) is 42.0 Å². The van der Waals surface area contributed by atoms with Gasteiger partial charge in [0.15, 0.2) is 0 Å². The largest absolute Gasteiger partial charge is 0.495 e. The first-order valence-electron chi connectivity index (χ1n) is 11.1. The van der Waals surface area contributed by atoms with Crippen LogP contribution in [0, 0.1) is 6.92 Å². The maximum Gasteiger partial charge on any atom is 0.337 e. The number of carbonyl (C=O) groups excluding carboxylic acids is 1. The van der Waals surface area contributed by atoms with E-state index >= 15 is 0 Å². The van der Waals surface area contributed by atoms with E-state index in [4.69, 9.17) is 4.74 Å². The molecule has 2 aromatic carbocycles. The number of fused-ring (bicyclic) bond motifs is 3. The average Bonchev–Trinajstić information content (AvgIpc) is 3.22. The number of nitrogens with zero attached hydrogens (tertiary/aromatic N) is 3. The second-order valence-electron chi connectivity index (χ2n) is 8.54. The second-order valence-corrected chi connectivity index (χ2v) is 9.62. The summed E-state index contributed by atoms with van der Waals surface area (Å²) in [4.78, 5) is 43.1. The van der Waals surface area contributed by atoms with Gasteiger partial charge in [0.1, 0.15) is 10.6 Å². The Morgan fingerprint density at radius 3 is 2.53 bits per heavy atom. The highest BCUT2D eigenvalue weighted by molar-refractivity contribution is 7.18. The summed E-state index contributed by atoms with van der Waals surface area (Å²) < 4.78 is 8.38. The van der Waals surface area contributed by atoms with Gasteiger partial charge in [0, 0.05) is 18.3 Å². The number of aromatic nitrogens is 2. The number of rotatable bonds is 4. The molecule has 0 radical (unpaired) electrons. The fourth-order valence-corrected chi connectivity index (χ4v) is 5.86. The summed E-state index contributed by atoms with van der Waals surface area (Å²) in [6.07, 6.45) is 0.582. The van der Waals surface area contributed by atoms with Crippen molar-refractivity contribution in [2.75, 3.05) is 13.7 Å². The van der Waals surface area contributed by atoms with Crippen molar-refractivity contribution in [3.63, 3.8) is 0 Å². The maximum atomic E-state index is 13.8. The molecule has 3 heterocycles. The van der Waals surface area contributed by atoms with E-state index in [2.05, 4.69) is 0 Å². The predicted molar refractivity (Wildman–Crippen MR) is 133 cm³/mol. The summed E-state index contributed by atoms with van der Waals surface area (Å²) in [7, 11) is 1.52. The number of hydrogen-bond acceptors (Lipinski definition) is 5. The number of para-hydroxylation sites is 2. The molecule has 0 bridgehead atoms. The Labute approximate surface area is 200 Å². The van der Waals surface area contributed by atoms with Crippen LogP contribution >= 0.6 is 11.3 Å². The van der Waals surface area contributed by atoms with Gasteiger partial charge in [-0.2, -0.15) is 0 Å². The van der Waals surface area contributed by atoms with Crippen molar-refractivity contribution >= 4 is 27.5 Å². The first-order valence-corrected chi connectivity index (χ1v) is 11.9. The lowest BCUT2D eigenvalue weighted by Gasteiger charge is -2.25. The first kappa shape index (κ1) is 22.2. The quantitative estimate of drug-likeness (QED) is 0.453. The summed E-state index contributed by atoms with van der Waals surface area (Å²) >= 11 is 1.44. The van der Waals surface area contributed by atoms with Crippen LogP contribution in [-0.4, -0.2) is 33.6 Å². The number of thiophene rings is 1. The first-order chi connectivity index (χ1) is 16.4. The lowest BCUT2D eigenvalue weighted by molar-refractivity contribution is -0.129. The van der Waals surface area contributed by atoms with Gasteiger partial charge in [-0.05, 0) is 36.6 Å². The molecule has 0 saturated heterocycles. The number of aryl methyl sites for hydroxylation is 1. The molecule has 7 nitrogen and oxygen atoms in total.